The second-order valence-electron chi connectivity index (χ2n) is 5.68. The quantitative estimate of drug-likeness (QED) is 0.879. The highest BCUT2D eigenvalue weighted by atomic mass is 16.4. The van der Waals surface area contributed by atoms with Crippen molar-refractivity contribution < 1.29 is 14.7 Å². The summed E-state index contributed by atoms with van der Waals surface area (Å²) in [6.45, 7) is 2.09. The minimum atomic E-state index is -0.726. The van der Waals surface area contributed by atoms with Crippen LogP contribution in [0.2, 0.25) is 0 Å². The standard InChI is InChI=1S/C14H19N3O3/c18-13(10-1-3-11(4-2-10)14(19)20)17-8-7-16-6-5-15-12(16)9-17/h5-6,10-11H,1-4,7-9H2,(H,19,20). The molecule has 6 nitrogen and oxygen atoms in total. The van der Waals surface area contributed by atoms with Crippen molar-refractivity contribution in [1.29, 1.82) is 0 Å². The van der Waals surface area contributed by atoms with Gasteiger partial charge in [0.1, 0.15) is 5.82 Å². The summed E-state index contributed by atoms with van der Waals surface area (Å²) in [5, 5.41) is 8.99. The summed E-state index contributed by atoms with van der Waals surface area (Å²) >= 11 is 0. The molecule has 1 fully saturated rings. The molecule has 1 amide bonds. The van der Waals surface area contributed by atoms with E-state index in [2.05, 4.69) is 9.55 Å². The van der Waals surface area contributed by atoms with E-state index in [1.807, 2.05) is 11.1 Å². The molecule has 0 atom stereocenters. The van der Waals surface area contributed by atoms with Gasteiger partial charge in [-0.25, -0.2) is 4.98 Å². The number of imidazole rings is 1. The van der Waals surface area contributed by atoms with Gasteiger partial charge in [0, 0.05) is 31.4 Å². The van der Waals surface area contributed by atoms with Crippen LogP contribution in [0.4, 0.5) is 0 Å². The summed E-state index contributed by atoms with van der Waals surface area (Å²) in [6, 6.07) is 0. The molecule has 1 saturated carbocycles. The fourth-order valence-electron chi connectivity index (χ4n) is 3.21. The van der Waals surface area contributed by atoms with Gasteiger partial charge in [-0.15, -0.1) is 0 Å². The number of aliphatic carboxylic acids is 1. The number of nitrogens with zero attached hydrogens (tertiary/aromatic N) is 3. The van der Waals surface area contributed by atoms with E-state index in [1.54, 1.807) is 6.20 Å². The molecule has 6 heteroatoms. The normalized spacial score (nSPS) is 26.1. The van der Waals surface area contributed by atoms with Gasteiger partial charge in [-0.1, -0.05) is 0 Å². The Labute approximate surface area is 117 Å². The van der Waals surface area contributed by atoms with Crippen LogP contribution in [0.3, 0.4) is 0 Å². The summed E-state index contributed by atoms with van der Waals surface area (Å²) in [5.74, 6) is 0.106. The van der Waals surface area contributed by atoms with E-state index in [1.165, 1.54) is 0 Å². The van der Waals surface area contributed by atoms with Gasteiger partial charge in [-0.2, -0.15) is 0 Å². The van der Waals surface area contributed by atoms with Crippen molar-refractivity contribution in [2.75, 3.05) is 6.54 Å². The molecular weight excluding hydrogens is 258 g/mol. The fraction of sp³-hybridized carbons (Fsp3) is 0.643. The van der Waals surface area contributed by atoms with Crippen molar-refractivity contribution in [2.24, 2.45) is 11.8 Å². The number of hydrogen-bond donors (Lipinski definition) is 1. The predicted octanol–water partition coefficient (Wildman–Crippen LogP) is 1.12. The van der Waals surface area contributed by atoms with Crippen molar-refractivity contribution in [3.8, 4) is 0 Å². The minimum Gasteiger partial charge on any atom is -0.481 e. The first-order valence-electron chi connectivity index (χ1n) is 7.16. The van der Waals surface area contributed by atoms with E-state index in [0.29, 0.717) is 32.2 Å². The number of aromatic nitrogens is 2. The largest absolute Gasteiger partial charge is 0.481 e. The third kappa shape index (κ3) is 2.42. The topological polar surface area (TPSA) is 75.4 Å². The predicted molar refractivity (Wildman–Crippen MR) is 70.7 cm³/mol. The Morgan fingerprint density at radius 3 is 2.55 bits per heavy atom. The summed E-state index contributed by atoms with van der Waals surface area (Å²) < 4.78 is 2.07. The van der Waals surface area contributed by atoms with Crippen LogP contribution < -0.4 is 0 Å². The number of fused-ring (bicyclic) bond motifs is 1. The average molecular weight is 277 g/mol. The molecule has 1 aliphatic carbocycles. The molecule has 0 bridgehead atoms. The number of carbonyl (C=O) groups is 2. The molecule has 0 aromatic carbocycles. The maximum Gasteiger partial charge on any atom is 0.306 e. The van der Waals surface area contributed by atoms with Gasteiger partial charge < -0.3 is 14.6 Å². The zero-order valence-electron chi connectivity index (χ0n) is 11.4. The number of rotatable bonds is 2. The van der Waals surface area contributed by atoms with Crippen LogP contribution in [0.25, 0.3) is 0 Å². The minimum absolute atomic E-state index is 0.00730. The van der Waals surface area contributed by atoms with Crippen molar-refractivity contribution in [2.45, 2.75) is 38.8 Å². The molecular formula is C14H19N3O3. The molecule has 108 valence electrons. The number of hydrogen-bond acceptors (Lipinski definition) is 3. The summed E-state index contributed by atoms with van der Waals surface area (Å²) in [4.78, 5) is 29.6. The highest BCUT2D eigenvalue weighted by molar-refractivity contribution is 5.79. The maximum atomic E-state index is 12.5. The number of amides is 1. The monoisotopic (exact) mass is 277 g/mol. The Morgan fingerprint density at radius 2 is 1.85 bits per heavy atom. The number of carboxylic acid groups (broad SMARTS) is 1. The highest BCUT2D eigenvalue weighted by Gasteiger charge is 2.33. The van der Waals surface area contributed by atoms with E-state index >= 15 is 0 Å². The fourth-order valence-corrected chi connectivity index (χ4v) is 3.21. The van der Waals surface area contributed by atoms with Crippen LogP contribution in [0.15, 0.2) is 12.4 Å². The van der Waals surface area contributed by atoms with E-state index in [4.69, 9.17) is 5.11 Å². The summed E-state index contributed by atoms with van der Waals surface area (Å²) in [5.41, 5.74) is 0. The van der Waals surface area contributed by atoms with Crippen LogP contribution in [0, 0.1) is 11.8 Å². The Bertz CT molecular complexity index is 517. The summed E-state index contributed by atoms with van der Waals surface area (Å²) in [7, 11) is 0. The lowest BCUT2D eigenvalue weighted by molar-refractivity contribution is -0.146. The first kappa shape index (κ1) is 13.1. The number of carbonyl (C=O) groups excluding carboxylic acids is 1. The van der Waals surface area contributed by atoms with Crippen molar-refractivity contribution >= 4 is 11.9 Å². The van der Waals surface area contributed by atoms with Gasteiger partial charge in [0.15, 0.2) is 0 Å². The molecule has 2 aliphatic rings. The summed E-state index contributed by atoms with van der Waals surface area (Å²) in [6.07, 6.45) is 6.33. The smallest absolute Gasteiger partial charge is 0.306 e. The average Bonchev–Trinajstić information content (AvgIpc) is 2.94. The van der Waals surface area contributed by atoms with Crippen molar-refractivity contribution in [1.82, 2.24) is 14.5 Å². The van der Waals surface area contributed by atoms with E-state index < -0.39 is 5.97 Å². The van der Waals surface area contributed by atoms with E-state index in [-0.39, 0.29) is 17.7 Å². The molecule has 2 heterocycles. The molecule has 0 saturated heterocycles. The van der Waals surface area contributed by atoms with Crippen LogP contribution in [-0.2, 0) is 22.7 Å². The Balaban J connectivity index is 1.59. The highest BCUT2D eigenvalue weighted by Crippen LogP contribution is 2.30. The first-order valence-corrected chi connectivity index (χ1v) is 7.16. The van der Waals surface area contributed by atoms with E-state index in [0.717, 1.165) is 18.9 Å². The molecule has 1 N–H and O–H groups in total. The molecule has 1 aromatic rings. The van der Waals surface area contributed by atoms with Gasteiger partial charge in [-0.3, -0.25) is 9.59 Å². The van der Waals surface area contributed by atoms with Crippen LogP contribution in [-0.4, -0.2) is 38.0 Å². The molecule has 20 heavy (non-hydrogen) atoms. The lowest BCUT2D eigenvalue weighted by atomic mass is 9.81. The van der Waals surface area contributed by atoms with Crippen molar-refractivity contribution in [3.05, 3.63) is 18.2 Å². The van der Waals surface area contributed by atoms with Crippen LogP contribution in [0.1, 0.15) is 31.5 Å². The lowest BCUT2D eigenvalue weighted by Crippen LogP contribution is -2.42. The zero-order chi connectivity index (χ0) is 14.1. The van der Waals surface area contributed by atoms with Gasteiger partial charge in [0.05, 0.1) is 12.5 Å². The van der Waals surface area contributed by atoms with Gasteiger partial charge in [-0.05, 0) is 25.7 Å². The first-order chi connectivity index (χ1) is 9.65. The second kappa shape index (κ2) is 5.26. The Hall–Kier alpha value is -1.85. The molecule has 0 unspecified atom stereocenters. The Morgan fingerprint density at radius 1 is 1.15 bits per heavy atom. The van der Waals surface area contributed by atoms with E-state index in [9.17, 15) is 9.59 Å². The molecule has 3 rings (SSSR count). The number of carboxylic acids is 1. The third-order valence-electron chi connectivity index (χ3n) is 4.48. The Kier molecular flexibility index (Phi) is 3.46. The van der Waals surface area contributed by atoms with Gasteiger partial charge >= 0.3 is 5.97 Å². The SMILES string of the molecule is O=C(O)C1CCC(C(=O)N2CCn3ccnc3C2)CC1. The second-order valence-corrected chi connectivity index (χ2v) is 5.68. The zero-order valence-corrected chi connectivity index (χ0v) is 11.4. The molecule has 1 aliphatic heterocycles. The third-order valence-corrected chi connectivity index (χ3v) is 4.48. The van der Waals surface area contributed by atoms with Crippen molar-refractivity contribution in [3.63, 3.8) is 0 Å². The molecule has 0 spiro atoms. The van der Waals surface area contributed by atoms with Gasteiger partial charge in [0.25, 0.3) is 0 Å². The lowest BCUT2D eigenvalue weighted by Gasteiger charge is -2.33. The molecule has 1 aromatic heterocycles. The van der Waals surface area contributed by atoms with Gasteiger partial charge in [0.2, 0.25) is 5.91 Å². The molecule has 0 radical (unpaired) electrons. The van der Waals surface area contributed by atoms with Crippen LogP contribution >= 0.6 is 0 Å². The maximum absolute atomic E-state index is 12.5. The van der Waals surface area contributed by atoms with Crippen LogP contribution in [0.5, 0.6) is 0 Å².